The summed E-state index contributed by atoms with van der Waals surface area (Å²) in [4.78, 5) is 34.1. The van der Waals surface area contributed by atoms with Crippen LogP contribution in [0.3, 0.4) is 0 Å². The zero-order chi connectivity index (χ0) is 22.1. The molecule has 2 heterocycles. The maximum Gasteiger partial charge on any atom is 0.283 e. The molecule has 0 aliphatic rings. The zero-order valence-corrected chi connectivity index (χ0v) is 18.1. The fourth-order valence-corrected chi connectivity index (χ4v) is 4.46. The van der Waals surface area contributed by atoms with Crippen molar-refractivity contribution < 1.29 is 4.79 Å². The summed E-state index contributed by atoms with van der Waals surface area (Å²) in [5, 5.41) is 4.24. The van der Waals surface area contributed by atoms with Gasteiger partial charge in [-0.15, -0.1) is 0 Å². The van der Waals surface area contributed by atoms with Gasteiger partial charge in [0.05, 0.1) is 11.4 Å². The molecule has 0 aliphatic carbocycles. The van der Waals surface area contributed by atoms with E-state index in [0.717, 1.165) is 22.2 Å². The number of aromatic amines is 1. The van der Waals surface area contributed by atoms with E-state index in [1.54, 1.807) is 4.57 Å². The van der Waals surface area contributed by atoms with Crippen LogP contribution in [0.1, 0.15) is 5.56 Å². The molecule has 0 saturated heterocycles. The number of aryl methyl sites for hydroxylation is 1. The number of rotatable bonds is 5. The lowest BCUT2D eigenvalue weighted by atomic mass is 10.2. The van der Waals surface area contributed by atoms with Crippen LogP contribution in [0, 0.1) is 6.92 Å². The zero-order valence-electron chi connectivity index (χ0n) is 17.3. The molecule has 3 aromatic carbocycles. The third-order valence-corrected chi connectivity index (χ3v) is 6.09. The van der Waals surface area contributed by atoms with Crippen LogP contribution in [0.4, 0.5) is 5.69 Å². The standard InChI is InChI=1S/C25H20N4O2S/c1-16-12-13-20-19(14-16)22-23(27-20)24(31)29(18-10-6-3-7-11-18)25(28-22)32-15-21(30)26-17-8-4-2-5-9-17/h2-14,27H,15H2,1H3,(H,26,30). The summed E-state index contributed by atoms with van der Waals surface area (Å²) in [6, 6.07) is 24.6. The van der Waals surface area contributed by atoms with Crippen LogP contribution in [0.15, 0.2) is 88.8 Å². The molecule has 0 bridgehead atoms. The highest BCUT2D eigenvalue weighted by atomic mass is 32.2. The number of thioether (sulfide) groups is 1. The van der Waals surface area contributed by atoms with Gasteiger partial charge in [0.25, 0.3) is 5.56 Å². The lowest BCUT2D eigenvalue weighted by molar-refractivity contribution is -0.113. The van der Waals surface area contributed by atoms with E-state index in [9.17, 15) is 9.59 Å². The van der Waals surface area contributed by atoms with E-state index >= 15 is 0 Å². The van der Waals surface area contributed by atoms with Crippen molar-refractivity contribution in [3.63, 3.8) is 0 Å². The van der Waals surface area contributed by atoms with Gasteiger partial charge < -0.3 is 10.3 Å². The second kappa shape index (κ2) is 8.36. The van der Waals surface area contributed by atoms with Gasteiger partial charge in [-0.2, -0.15) is 0 Å². The molecule has 0 saturated carbocycles. The van der Waals surface area contributed by atoms with Gasteiger partial charge in [0, 0.05) is 16.6 Å². The van der Waals surface area contributed by atoms with Gasteiger partial charge in [0.15, 0.2) is 5.16 Å². The number of para-hydroxylation sites is 2. The summed E-state index contributed by atoms with van der Waals surface area (Å²) in [5.74, 6) is -0.0361. The van der Waals surface area contributed by atoms with Gasteiger partial charge in [0.2, 0.25) is 5.91 Å². The van der Waals surface area contributed by atoms with Crippen LogP contribution in [0.25, 0.3) is 27.6 Å². The van der Waals surface area contributed by atoms with Crippen LogP contribution in [0.5, 0.6) is 0 Å². The molecule has 2 N–H and O–H groups in total. The summed E-state index contributed by atoms with van der Waals surface area (Å²) in [7, 11) is 0. The summed E-state index contributed by atoms with van der Waals surface area (Å²) in [6.07, 6.45) is 0. The maximum atomic E-state index is 13.5. The molecule has 0 spiro atoms. The maximum absolute atomic E-state index is 13.5. The molecular weight excluding hydrogens is 420 g/mol. The normalized spacial score (nSPS) is 11.2. The molecule has 0 atom stereocenters. The molecule has 2 aromatic heterocycles. The Bertz CT molecular complexity index is 1490. The Morgan fingerprint density at radius 3 is 2.50 bits per heavy atom. The largest absolute Gasteiger partial charge is 0.349 e. The number of H-pyrrole nitrogens is 1. The third kappa shape index (κ3) is 3.78. The van der Waals surface area contributed by atoms with Crippen LogP contribution in [-0.2, 0) is 4.79 Å². The number of anilines is 1. The van der Waals surface area contributed by atoms with Crippen molar-refractivity contribution in [3.8, 4) is 5.69 Å². The number of aromatic nitrogens is 3. The first-order valence-corrected chi connectivity index (χ1v) is 11.2. The molecule has 0 aliphatic heterocycles. The quantitative estimate of drug-likeness (QED) is 0.301. The predicted molar refractivity (Wildman–Crippen MR) is 130 cm³/mol. The lowest BCUT2D eigenvalue weighted by Gasteiger charge is -2.12. The highest BCUT2D eigenvalue weighted by Gasteiger charge is 2.18. The Labute approximate surface area is 188 Å². The number of nitrogens with zero attached hydrogens (tertiary/aromatic N) is 2. The molecule has 1 amide bonds. The molecule has 5 rings (SSSR count). The van der Waals surface area contributed by atoms with Gasteiger partial charge in [0.1, 0.15) is 11.0 Å². The molecule has 158 valence electrons. The average molecular weight is 441 g/mol. The minimum absolute atomic E-state index is 0.126. The Balaban J connectivity index is 1.59. The number of carbonyl (C=O) groups is 1. The molecule has 0 fully saturated rings. The molecule has 32 heavy (non-hydrogen) atoms. The Morgan fingerprint density at radius 2 is 1.75 bits per heavy atom. The second-order valence-electron chi connectivity index (χ2n) is 7.47. The fourth-order valence-electron chi connectivity index (χ4n) is 3.66. The highest BCUT2D eigenvalue weighted by Crippen LogP contribution is 2.27. The summed E-state index contributed by atoms with van der Waals surface area (Å²) in [6.45, 7) is 2.01. The van der Waals surface area contributed by atoms with Crippen molar-refractivity contribution in [1.82, 2.24) is 14.5 Å². The predicted octanol–water partition coefficient (Wildman–Crippen LogP) is 4.91. The van der Waals surface area contributed by atoms with E-state index < -0.39 is 0 Å². The second-order valence-corrected chi connectivity index (χ2v) is 8.41. The van der Waals surface area contributed by atoms with E-state index in [1.165, 1.54) is 11.8 Å². The number of fused-ring (bicyclic) bond motifs is 3. The molecule has 0 radical (unpaired) electrons. The Kier molecular flexibility index (Phi) is 5.25. The molecule has 7 heteroatoms. The number of benzene rings is 3. The van der Waals surface area contributed by atoms with Crippen LogP contribution in [0.2, 0.25) is 0 Å². The molecule has 0 unspecified atom stereocenters. The van der Waals surface area contributed by atoms with Crippen LogP contribution >= 0.6 is 11.8 Å². The van der Waals surface area contributed by atoms with E-state index in [4.69, 9.17) is 4.98 Å². The number of carbonyl (C=O) groups excluding carboxylic acids is 1. The van der Waals surface area contributed by atoms with Crippen molar-refractivity contribution in [2.45, 2.75) is 12.1 Å². The van der Waals surface area contributed by atoms with Crippen molar-refractivity contribution in [1.29, 1.82) is 0 Å². The van der Waals surface area contributed by atoms with E-state index in [0.29, 0.717) is 21.9 Å². The summed E-state index contributed by atoms with van der Waals surface area (Å²) in [5.41, 5.74) is 4.25. The van der Waals surface area contributed by atoms with Gasteiger partial charge in [-0.05, 0) is 43.3 Å². The van der Waals surface area contributed by atoms with Gasteiger partial charge in [-0.3, -0.25) is 14.2 Å². The van der Waals surface area contributed by atoms with E-state index in [-0.39, 0.29) is 17.2 Å². The van der Waals surface area contributed by atoms with Crippen LogP contribution in [-0.4, -0.2) is 26.2 Å². The van der Waals surface area contributed by atoms with E-state index in [1.807, 2.05) is 85.8 Å². The first-order chi connectivity index (χ1) is 15.6. The first kappa shape index (κ1) is 20.1. The topological polar surface area (TPSA) is 79.8 Å². The number of hydrogen-bond donors (Lipinski definition) is 2. The molecule has 6 nitrogen and oxygen atoms in total. The fraction of sp³-hybridized carbons (Fsp3) is 0.0800. The number of hydrogen-bond acceptors (Lipinski definition) is 4. The minimum atomic E-state index is -0.193. The van der Waals surface area contributed by atoms with Crippen molar-refractivity contribution in [3.05, 3.63) is 94.8 Å². The lowest BCUT2D eigenvalue weighted by Crippen LogP contribution is -2.23. The minimum Gasteiger partial charge on any atom is -0.349 e. The Morgan fingerprint density at radius 1 is 1.03 bits per heavy atom. The molecular formula is C25H20N4O2S. The van der Waals surface area contributed by atoms with E-state index in [2.05, 4.69) is 10.3 Å². The van der Waals surface area contributed by atoms with Gasteiger partial charge >= 0.3 is 0 Å². The average Bonchev–Trinajstić information content (AvgIpc) is 3.17. The van der Waals surface area contributed by atoms with Crippen molar-refractivity contribution >= 4 is 45.3 Å². The monoisotopic (exact) mass is 440 g/mol. The first-order valence-electron chi connectivity index (χ1n) is 10.2. The Hall–Kier alpha value is -3.84. The number of nitrogens with one attached hydrogen (secondary N) is 2. The van der Waals surface area contributed by atoms with Crippen LogP contribution < -0.4 is 10.9 Å². The number of amides is 1. The van der Waals surface area contributed by atoms with Crippen molar-refractivity contribution in [2.24, 2.45) is 0 Å². The molecule has 5 aromatic rings. The SMILES string of the molecule is Cc1ccc2[nH]c3c(=O)n(-c4ccccc4)c(SCC(=O)Nc4ccccc4)nc3c2c1. The van der Waals surface area contributed by atoms with Crippen molar-refractivity contribution in [2.75, 3.05) is 11.1 Å². The smallest absolute Gasteiger partial charge is 0.283 e. The van der Waals surface area contributed by atoms with Gasteiger partial charge in [-0.1, -0.05) is 59.8 Å². The third-order valence-electron chi connectivity index (χ3n) is 5.15. The highest BCUT2D eigenvalue weighted by molar-refractivity contribution is 7.99. The summed E-state index contributed by atoms with van der Waals surface area (Å²) >= 11 is 1.24. The summed E-state index contributed by atoms with van der Waals surface area (Å²) < 4.78 is 1.56. The van der Waals surface area contributed by atoms with Gasteiger partial charge in [-0.25, -0.2) is 4.98 Å².